The summed E-state index contributed by atoms with van der Waals surface area (Å²) in [4.78, 5) is 20.4. The summed E-state index contributed by atoms with van der Waals surface area (Å²) in [6, 6.07) is -0.120. The minimum absolute atomic E-state index is 0. The molecule has 0 aromatic rings. The summed E-state index contributed by atoms with van der Waals surface area (Å²) in [5.74, 6) is -1.75. The van der Waals surface area contributed by atoms with Crippen LogP contribution >= 0.6 is 12.4 Å². The van der Waals surface area contributed by atoms with Gasteiger partial charge >= 0.3 is 11.9 Å². The van der Waals surface area contributed by atoms with Gasteiger partial charge in [-0.15, -0.1) is 12.4 Å². The van der Waals surface area contributed by atoms with E-state index in [0.717, 1.165) is 0 Å². The van der Waals surface area contributed by atoms with Crippen LogP contribution in [0.4, 0.5) is 0 Å². The Kier molecular flexibility index (Phi) is 10.7. The van der Waals surface area contributed by atoms with E-state index in [2.05, 4.69) is 5.32 Å². The van der Waals surface area contributed by atoms with Crippen LogP contribution in [0.15, 0.2) is 0 Å². The highest BCUT2D eigenvalue weighted by Crippen LogP contribution is 1.95. The van der Waals surface area contributed by atoms with Crippen molar-refractivity contribution in [2.24, 2.45) is 5.73 Å². The molecule has 6 nitrogen and oxygen atoms in total. The van der Waals surface area contributed by atoms with Crippen LogP contribution in [0.5, 0.6) is 0 Å². The molecule has 5 N–H and O–H groups in total. The largest absolute Gasteiger partial charge is 0.481 e. The van der Waals surface area contributed by atoms with Gasteiger partial charge in [0.1, 0.15) is 0 Å². The number of carbonyl (C=O) groups is 2. The number of aliphatic carboxylic acids is 2. The molecule has 0 bridgehead atoms. The van der Waals surface area contributed by atoms with Gasteiger partial charge in [-0.3, -0.25) is 9.59 Å². The number of carboxylic acid groups (broad SMARTS) is 2. The van der Waals surface area contributed by atoms with E-state index in [9.17, 15) is 9.59 Å². The molecule has 15 heavy (non-hydrogen) atoms. The van der Waals surface area contributed by atoms with E-state index in [-0.39, 0.29) is 31.3 Å². The van der Waals surface area contributed by atoms with E-state index in [1.165, 1.54) is 0 Å². The van der Waals surface area contributed by atoms with Gasteiger partial charge in [0.2, 0.25) is 0 Å². The van der Waals surface area contributed by atoms with Gasteiger partial charge in [-0.2, -0.15) is 0 Å². The second kappa shape index (κ2) is 9.70. The van der Waals surface area contributed by atoms with Crippen molar-refractivity contribution in [2.75, 3.05) is 13.1 Å². The lowest BCUT2D eigenvalue weighted by atomic mass is 10.1. The Morgan fingerprint density at radius 3 is 2.13 bits per heavy atom. The fourth-order valence-electron chi connectivity index (χ4n) is 0.984. The molecule has 1 unspecified atom stereocenters. The third-order valence-electron chi connectivity index (χ3n) is 1.76. The van der Waals surface area contributed by atoms with Gasteiger partial charge in [0.05, 0.1) is 6.42 Å². The van der Waals surface area contributed by atoms with E-state index < -0.39 is 11.9 Å². The van der Waals surface area contributed by atoms with Gasteiger partial charge in [0, 0.05) is 25.6 Å². The number of nitrogens with one attached hydrogen (secondary N) is 1. The van der Waals surface area contributed by atoms with Crippen LogP contribution in [0.1, 0.15) is 19.3 Å². The van der Waals surface area contributed by atoms with Crippen molar-refractivity contribution >= 4 is 24.3 Å². The third kappa shape index (κ3) is 11.1. The van der Waals surface area contributed by atoms with Crippen molar-refractivity contribution in [3.63, 3.8) is 0 Å². The normalized spacial score (nSPS) is 11.5. The molecule has 0 heterocycles. The first-order valence-electron chi connectivity index (χ1n) is 4.43. The summed E-state index contributed by atoms with van der Waals surface area (Å²) in [7, 11) is 0. The minimum atomic E-state index is -0.883. The molecule has 0 radical (unpaired) electrons. The molecule has 0 aliphatic heterocycles. The predicted octanol–water partition coefficient (Wildman–Crippen LogP) is -0.335. The summed E-state index contributed by atoms with van der Waals surface area (Å²) in [6.07, 6.45) is 0.483. The topological polar surface area (TPSA) is 113 Å². The number of halogens is 1. The summed E-state index contributed by atoms with van der Waals surface area (Å²) in [6.45, 7) is 0.629. The molecule has 0 saturated heterocycles. The highest BCUT2D eigenvalue weighted by molar-refractivity contribution is 5.85. The first kappa shape index (κ1) is 16.6. The van der Waals surface area contributed by atoms with Gasteiger partial charge in [0.15, 0.2) is 0 Å². The van der Waals surface area contributed by atoms with E-state index in [4.69, 9.17) is 15.9 Å². The number of nitrogens with two attached hydrogens (primary N) is 1. The Morgan fingerprint density at radius 2 is 1.73 bits per heavy atom. The monoisotopic (exact) mass is 240 g/mol. The van der Waals surface area contributed by atoms with Gasteiger partial charge in [0.25, 0.3) is 0 Å². The van der Waals surface area contributed by atoms with E-state index >= 15 is 0 Å². The standard InChI is InChI=1S/C8H16N2O4.ClH/c9-5-6(1-2-7(11)12)10-4-3-8(13)14;/h6,10H,1-5,9H2,(H,11,12)(H,13,14);1H. The van der Waals surface area contributed by atoms with Gasteiger partial charge < -0.3 is 21.3 Å². The van der Waals surface area contributed by atoms with Crippen LogP contribution in [-0.2, 0) is 9.59 Å². The lowest BCUT2D eigenvalue weighted by Crippen LogP contribution is -2.37. The molecule has 0 fully saturated rings. The van der Waals surface area contributed by atoms with Crippen molar-refractivity contribution in [3.8, 4) is 0 Å². The lowest BCUT2D eigenvalue weighted by Gasteiger charge is -2.14. The quantitative estimate of drug-likeness (QED) is 0.462. The van der Waals surface area contributed by atoms with Crippen LogP contribution in [0.25, 0.3) is 0 Å². The minimum Gasteiger partial charge on any atom is -0.481 e. The van der Waals surface area contributed by atoms with Crippen LogP contribution in [0.2, 0.25) is 0 Å². The zero-order chi connectivity index (χ0) is 11.0. The summed E-state index contributed by atoms with van der Waals surface area (Å²) >= 11 is 0. The number of carboxylic acids is 2. The summed E-state index contributed by atoms with van der Waals surface area (Å²) < 4.78 is 0. The maximum atomic E-state index is 10.2. The van der Waals surface area contributed by atoms with Gasteiger partial charge in [-0.1, -0.05) is 0 Å². The molecular formula is C8H17ClN2O4. The summed E-state index contributed by atoms with van der Waals surface area (Å²) in [5.41, 5.74) is 5.37. The number of rotatable bonds is 8. The van der Waals surface area contributed by atoms with Crippen LogP contribution in [0.3, 0.4) is 0 Å². The average molecular weight is 241 g/mol. The number of hydrogen-bond acceptors (Lipinski definition) is 4. The van der Waals surface area contributed by atoms with E-state index in [0.29, 0.717) is 19.5 Å². The fraction of sp³-hybridized carbons (Fsp3) is 0.750. The Hall–Kier alpha value is -0.850. The van der Waals surface area contributed by atoms with E-state index in [1.807, 2.05) is 0 Å². The van der Waals surface area contributed by atoms with Crippen molar-refractivity contribution < 1.29 is 19.8 Å². The van der Waals surface area contributed by atoms with Crippen LogP contribution in [-0.4, -0.2) is 41.3 Å². The van der Waals surface area contributed by atoms with Crippen LogP contribution < -0.4 is 11.1 Å². The molecule has 90 valence electrons. The van der Waals surface area contributed by atoms with Crippen molar-refractivity contribution in [2.45, 2.75) is 25.3 Å². The zero-order valence-electron chi connectivity index (χ0n) is 8.31. The van der Waals surface area contributed by atoms with Crippen molar-refractivity contribution in [1.29, 1.82) is 0 Å². The first-order chi connectivity index (χ1) is 6.56. The molecule has 0 aliphatic carbocycles. The van der Waals surface area contributed by atoms with Crippen molar-refractivity contribution in [1.82, 2.24) is 5.32 Å². The highest BCUT2D eigenvalue weighted by atomic mass is 35.5. The fourth-order valence-corrected chi connectivity index (χ4v) is 0.984. The molecule has 7 heteroatoms. The molecule has 0 amide bonds. The molecule has 0 rings (SSSR count). The average Bonchev–Trinajstić information content (AvgIpc) is 2.10. The Labute approximate surface area is 94.2 Å². The van der Waals surface area contributed by atoms with Crippen LogP contribution in [0, 0.1) is 0 Å². The molecular weight excluding hydrogens is 224 g/mol. The SMILES string of the molecule is Cl.NCC(CCC(=O)O)NCCC(=O)O. The molecule has 0 aromatic carbocycles. The second-order valence-electron chi connectivity index (χ2n) is 2.96. The third-order valence-corrected chi connectivity index (χ3v) is 1.76. The molecule has 0 aromatic heterocycles. The predicted molar refractivity (Wildman–Crippen MR) is 57.2 cm³/mol. The lowest BCUT2D eigenvalue weighted by molar-refractivity contribution is -0.138. The Balaban J connectivity index is 0. The maximum Gasteiger partial charge on any atom is 0.304 e. The molecule has 1 atom stereocenters. The van der Waals surface area contributed by atoms with Gasteiger partial charge in [-0.25, -0.2) is 0 Å². The molecule has 0 aliphatic rings. The maximum absolute atomic E-state index is 10.2. The zero-order valence-corrected chi connectivity index (χ0v) is 9.13. The Morgan fingerprint density at radius 1 is 1.20 bits per heavy atom. The highest BCUT2D eigenvalue weighted by Gasteiger charge is 2.08. The van der Waals surface area contributed by atoms with E-state index in [1.54, 1.807) is 0 Å². The smallest absolute Gasteiger partial charge is 0.304 e. The first-order valence-corrected chi connectivity index (χ1v) is 4.43. The number of hydrogen-bond donors (Lipinski definition) is 4. The van der Waals surface area contributed by atoms with Crippen molar-refractivity contribution in [3.05, 3.63) is 0 Å². The Bertz CT molecular complexity index is 201. The van der Waals surface area contributed by atoms with Gasteiger partial charge in [-0.05, 0) is 6.42 Å². The summed E-state index contributed by atoms with van der Waals surface area (Å²) in [5, 5.41) is 19.6. The molecule has 0 saturated carbocycles. The molecule has 0 spiro atoms. The second-order valence-corrected chi connectivity index (χ2v) is 2.96.